The lowest BCUT2D eigenvalue weighted by Crippen LogP contribution is -2.44. The van der Waals surface area contributed by atoms with E-state index in [1.165, 1.54) is 0 Å². The summed E-state index contributed by atoms with van der Waals surface area (Å²) >= 11 is 0. The van der Waals surface area contributed by atoms with Crippen LogP contribution in [-0.2, 0) is 19.5 Å². The molecule has 0 unspecified atom stereocenters. The van der Waals surface area contributed by atoms with Crippen molar-refractivity contribution in [1.82, 2.24) is 14.5 Å². The average molecular weight is 478 g/mol. The lowest BCUT2D eigenvalue weighted by Gasteiger charge is -2.24. The quantitative estimate of drug-likeness (QED) is 0.568. The number of ether oxygens (including phenoxy) is 2. The van der Waals surface area contributed by atoms with Gasteiger partial charge in [-0.25, -0.2) is 14.6 Å². The van der Waals surface area contributed by atoms with Crippen LogP contribution in [0.25, 0.3) is 11.3 Å². The minimum Gasteiger partial charge on any atom is -0.493 e. The topological polar surface area (TPSA) is 113 Å². The number of aryl methyl sites for hydroxylation is 4. The highest BCUT2D eigenvalue weighted by molar-refractivity contribution is 5.71. The van der Waals surface area contributed by atoms with Crippen molar-refractivity contribution < 1.29 is 14.3 Å². The van der Waals surface area contributed by atoms with Gasteiger partial charge in [0.25, 0.3) is 0 Å². The fourth-order valence-electron chi connectivity index (χ4n) is 4.72. The molecule has 1 aliphatic heterocycles. The molecular formula is C26H31N5O4. The highest BCUT2D eigenvalue weighted by Gasteiger charge is 2.22. The first kappa shape index (κ1) is 24.1. The van der Waals surface area contributed by atoms with E-state index < -0.39 is 6.03 Å². The van der Waals surface area contributed by atoms with Crippen molar-refractivity contribution in [3.63, 3.8) is 0 Å². The number of rotatable bonds is 6. The lowest BCUT2D eigenvalue weighted by atomic mass is 9.97. The van der Waals surface area contributed by atoms with Gasteiger partial charge in [-0.1, -0.05) is 17.7 Å². The zero-order valence-corrected chi connectivity index (χ0v) is 20.8. The van der Waals surface area contributed by atoms with E-state index in [4.69, 9.17) is 20.2 Å². The van der Waals surface area contributed by atoms with E-state index in [1.54, 1.807) is 23.4 Å². The number of primary amides is 1. The second kappa shape index (κ2) is 9.69. The van der Waals surface area contributed by atoms with E-state index in [2.05, 4.69) is 17.4 Å². The van der Waals surface area contributed by atoms with Gasteiger partial charge in [-0.15, -0.1) is 0 Å². The molecule has 9 nitrogen and oxygen atoms in total. The molecule has 1 aromatic heterocycles. The van der Waals surface area contributed by atoms with Crippen molar-refractivity contribution >= 4 is 11.7 Å². The molecule has 2 heterocycles. The fourth-order valence-corrected chi connectivity index (χ4v) is 4.72. The molecule has 184 valence electrons. The van der Waals surface area contributed by atoms with Crippen LogP contribution < -0.4 is 31.7 Å². The summed E-state index contributed by atoms with van der Waals surface area (Å²) in [6, 6.07) is 9.30. The van der Waals surface area contributed by atoms with Gasteiger partial charge >= 0.3 is 11.7 Å². The van der Waals surface area contributed by atoms with Crippen LogP contribution in [0.2, 0.25) is 0 Å². The summed E-state index contributed by atoms with van der Waals surface area (Å²) < 4.78 is 14.3. The Balaban J connectivity index is 1.98. The zero-order valence-electron chi connectivity index (χ0n) is 20.8. The highest BCUT2D eigenvalue weighted by Crippen LogP contribution is 2.37. The lowest BCUT2D eigenvalue weighted by molar-refractivity contribution is 0.248. The van der Waals surface area contributed by atoms with Crippen LogP contribution in [0, 0.1) is 20.8 Å². The molecule has 4 rings (SSSR count). The molecule has 0 bridgehead atoms. The fraction of sp³-hybridized carbons (Fsp3) is 0.346. The third-order valence-electron chi connectivity index (χ3n) is 6.28. The summed E-state index contributed by atoms with van der Waals surface area (Å²) in [7, 11) is 3.20. The SMILES string of the molecule is COc1cc2c(cc1OC)-c1c/c(=N/c3c(C)cc(C)cc3C)n(CCNC(N)=O)c(=O)n1CC2. The van der Waals surface area contributed by atoms with E-state index in [0.29, 0.717) is 30.0 Å². The van der Waals surface area contributed by atoms with E-state index in [9.17, 15) is 9.59 Å². The number of carbonyl (C=O) groups excluding carboxylic acids is 1. The first-order chi connectivity index (χ1) is 16.7. The van der Waals surface area contributed by atoms with Gasteiger partial charge in [-0.05, 0) is 56.0 Å². The number of amides is 2. The van der Waals surface area contributed by atoms with Gasteiger partial charge in [0.1, 0.15) is 5.49 Å². The molecule has 2 aromatic carbocycles. The van der Waals surface area contributed by atoms with Gasteiger partial charge < -0.3 is 20.5 Å². The van der Waals surface area contributed by atoms with E-state index >= 15 is 0 Å². The van der Waals surface area contributed by atoms with Crippen LogP contribution in [0.5, 0.6) is 11.5 Å². The third kappa shape index (κ3) is 4.66. The Kier molecular flexibility index (Phi) is 6.68. The molecular weight excluding hydrogens is 446 g/mol. The van der Waals surface area contributed by atoms with Crippen molar-refractivity contribution in [3.8, 4) is 22.8 Å². The summed E-state index contributed by atoms with van der Waals surface area (Å²) in [4.78, 5) is 29.9. The third-order valence-corrected chi connectivity index (χ3v) is 6.28. The molecule has 35 heavy (non-hydrogen) atoms. The zero-order chi connectivity index (χ0) is 25.3. The number of nitrogens with zero attached hydrogens (tertiary/aromatic N) is 3. The summed E-state index contributed by atoms with van der Waals surface area (Å²) in [6.07, 6.45) is 0.675. The van der Waals surface area contributed by atoms with Crippen molar-refractivity contribution in [2.24, 2.45) is 10.7 Å². The monoisotopic (exact) mass is 477 g/mol. The maximum Gasteiger partial charge on any atom is 0.330 e. The van der Waals surface area contributed by atoms with Crippen molar-refractivity contribution in [2.45, 2.75) is 40.3 Å². The Morgan fingerprint density at radius 2 is 1.71 bits per heavy atom. The standard InChI is InChI=1S/C26H31N5O4/c1-15-10-16(2)24(17(3)11-15)29-23-14-20-19-13-22(35-5)21(34-4)12-18(19)6-8-30(20)26(33)31(23)9-7-28-25(27)32/h10-14H,6-9H2,1-5H3,(H3,27,28,32)/b29-23-. The molecule has 1 aliphatic rings. The second-order valence-corrected chi connectivity index (χ2v) is 8.74. The van der Waals surface area contributed by atoms with E-state index in [0.717, 1.165) is 39.2 Å². The smallest absolute Gasteiger partial charge is 0.330 e. The van der Waals surface area contributed by atoms with Crippen molar-refractivity contribution in [2.75, 3.05) is 20.8 Å². The van der Waals surface area contributed by atoms with E-state index in [1.807, 2.05) is 39.0 Å². The molecule has 2 amide bonds. The molecule has 9 heteroatoms. The van der Waals surface area contributed by atoms with Gasteiger partial charge in [0.2, 0.25) is 0 Å². The molecule has 0 atom stereocenters. The molecule has 0 fully saturated rings. The predicted molar refractivity (Wildman–Crippen MR) is 134 cm³/mol. The Morgan fingerprint density at radius 3 is 2.34 bits per heavy atom. The van der Waals surface area contributed by atoms with Crippen LogP contribution in [0.4, 0.5) is 10.5 Å². The average Bonchev–Trinajstić information content (AvgIpc) is 2.81. The Labute approximate surface area is 203 Å². The minimum absolute atomic E-state index is 0.199. The van der Waals surface area contributed by atoms with Crippen LogP contribution >= 0.6 is 0 Å². The Morgan fingerprint density at radius 1 is 1.06 bits per heavy atom. The number of carbonyl (C=O) groups is 1. The maximum absolute atomic E-state index is 13.7. The molecule has 0 spiro atoms. The molecule has 0 saturated carbocycles. The number of nitrogens with two attached hydrogens (primary N) is 1. The minimum atomic E-state index is -0.637. The number of urea groups is 1. The largest absolute Gasteiger partial charge is 0.493 e. The van der Waals surface area contributed by atoms with Gasteiger partial charge in [0, 0.05) is 31.3 Å². The van der Waals surface area contributed by atoms with Gasteiger partial charge in [0.05, 0.1) is 25.6 Å². The molecule has 0 aliphatic carbocycles. The molecule has 0 saturated heterocycles. The van der Waals surface area contributed by atoms with Crippen LogP contribution in [0.3, 0.4) is 0 Å². The predicted octanol–water partition coefficient (Wildman–Crippen LogP) is 2.72. The summed E-state index contributed by atoms with van der Waals surface area (Å²) in [5.41, 5.74) is 12.3. The number of benzene rings is 2. The number of hydrogen-bond acceptors (Lipinski definition) is 5. The van der Waals surface area contributed by atoms with Crippen molar-refractivity contribution in [1.29, 1.82) is 0 Å². The van der Waals surface area contributed by atoms with Crippen LogP contribution in [-0.4, -0.2) is 35.9 Å². The molecule has 3 N–H and O–H groups in total. The number of methoxy groups -OCH3 is 2. The molecule has 3 aromatic rings. The van der Waals surface area contributed by atoms with Gasteiger partial charge in [-0.3, -0.25) is 9.13 Å². The summed E-state index contributed by atoms with van der Waals surface area (Å²) in [6.45, 7) is 7.03. The first-order valence-electron chi connectivity index (χ1n) is 11.5. The first-order valence-corrected chi connectivity index (χ1v) is 11.5. The van der Waals surface area contributed by atoms with E-state index in [-0.39, 0.29) is 18.8 Å². The number of nitrogens with one attached hydrogen (secondary N) is 1. The number of aromatic nitrogens is 2. The number of hydrogen-bond donors (Lipinski definition) is 2. The molecule has 0 radical (unpaired) electrons. The van der Waals surface area contributed by atoms with Crippen molar-refractivity contribution in [3.05, 3.63) is 68.6 Å². The summed E-state index contributed by atoms with van der Waals surface area (Å²) in [5, 5.41) is 2.56. The Bertz CT molecular complexity index is 1410. The highest BCUT2D eigenvalue weighted by atomic mass is 16.5. The maximum atomic E-state index is 13.7. The second-order valence-electron chi connectivity index (χ2n) is 8.74. The van der Waals surface area contributed by atoms with Gasteiger partial charge in [0.15, 0.2) is 11.5 Å². The van der Waals surface area contributed by atoms with Crippen LogP contribution in [0.1, 0.15) is 22.3 Å². The van der Waals surface area contributed by atoms with Gasteiger partial charge in [-0.2, -0.15) is 0 Å². The normalized spacial score (nSPS) is 12.7. The Hall–Kier alpha value is -4.01. The van der Waals surface area contributed by atoms with Crippen LogP contribution in [0.15, 0.2) is 40.1 Å². The number of fused-ring (bicyclic) bond motifs is 3. The summed E-state index contributed by atoms with van der Waals surface area (Å²) in [5.74, 6) is 1.25.